The molecule has 244 valence electrons. The Hall–Kier alpha value is -1.79. The summed E-state index contributed by atoms with van der Waals surface area (Å²) in [5.41, 5.74) is 0. The average Bonchev–Trinajstić information content (AvgIpc) is 3.88. The van der Waals surface area contributed by atoms with Gasteiger partial charge in [0.25, 0.3) is 0 Å². The van der Waals surface area contributed by atoms with Crippen LogP contribution in [0.2, 0.25) is 12.6 Å². The van der Waals surface area contributed by atoms with E-state index >= 15 is 0 Å². The average molecular weight is 645 g/mol. The van der Waals surface area contributed by atoms with Crippen LogP contribution in [-0.2, 0) is 55.2 Å². The zero-order valence-corrected chi connectivity index (χ0v) is 28.6. The Morgan fingerprint density at radius 2 is 1.05 bits per heavy atom. The van der Waals surface area contributed by atoms with Crippen LogP contribution in [0.15, 0.2) is 12.2 Å². The van der Waals surface area contributed by atoms with E-state index < -0.39 is 17.6 Å². The van der Waals surface area contributed by atoms with Crippen molar-refractivity contribution in [2.75, 3.05) is 42.7 Å². The van der Waals surface area contributed by atoms with Crippen LogP contribution in [0, 0.1) is 47.3 Å². The van der Waals surface area contributed by atoms with E-state index in [9.17, 15) is 19.2 Å². The fourth-order valence-electron chi connectivity index (χ4n) is 7.10. The van der Waals surface area contributed by atoms with Crippen molar-refractivity contribution in [2.24, 2.45) is 47.3 Å². The highest BCUT2D eigenvalue weighted by Gasteiger charge is 2.60. The fourth-order valence-corrected chi connectivity index (χ4v) is 9.50. The van der Waals surface area contributed by atoms with E-state index in [2.05, 4.69) is 16.4 Å². The zero-order chi connectivity index (χ0) is 31.9. The number of hydrogen-bond acceptors (Lipinski definition) is 12. The molecule has 0 spiro atoms. The molecule has 0 aromatic heterocycles. The predicted octanol–water partition coefficient (Wildman–Crippen LogP) is 3.40. The second kappa shape index (κ2) is 15.5. The van der Waals surface area contributed by atoms with Gasteiger partial charge in [0.15, 0.2) is 0 Å². The van der Waals surface area contributed by atoms with Crippen LogP contribution in [0.4, 0.5) is 0 Å². The third-order valence-electron chi connectivity index (χ3n) is 9.75. The summed E-state index contributed by atoms with van der Waals surface area (Å²) in [6.45, 7) is 3.97. The normalized spacial score (nSPS) is 32.7. The van der Waals surface area contributed by atoms with Crippen LogP contribution >= 0.6 is 0 Å². The first-order valence-corrected chi connectivity index (χ1v) is 19.1. The number of carbonyl (C=O) groups is 4. The molecule has 0 aromatic rings. The van der Waals surface area contributed by atoms with E-state index in [0.717, 1.165) is 44.6 Å². The lowest BCUT2D eigenvalue weighted by Crippen LogP contribution is -2.42. The van der Waals surface area contributed by atoms with E-state index in [-0.39, 0.29) is 59.4 Å². The second-order valence-electron chi connectivity index (χ2n) is 11.7. The van der Waals surface area contributed by atoms with Crippen LogP contribution in [-0.4, -0.2) is 84.1 Å². The van der Waals surface area contributed by atoms with Gasteiger partial charge >= 0.3 is 41.5 Å². The van der Waals surface area contributed by atoms with Gasteiger partial charge in [-0.1, -0.05) is 25.5 Å². The first-order chi connectivity index (χ1) is 20.5. The number of cyclic esters (lactones) is 4. The molecule has 0 amide bonds. The lowest BCUT2D eigenvalue weighted by molar-refractivity contribution is -0.156. The Kier molecular flexibility index (Phi) is 12.8. The fraction of sp³-hybridized carbons (Fsp3) is 0.793. The number of rotatable bonds is 9. The Balaban J connectivity index is 0.000000159. The van der Waals surface area contributed by atoms with Crippen molar-refractivity contribution >= 4 is 41.5 Å². The maximum absolute atomic E-state index is 11.2. The molecule has 2 heterocycles. The van der Waals surface area contributed by atoms with Crippen molar-refractivity contribution in [1.82, 2.24) is 0 Å². The van der Waals surface area contributed by atoms with Crippen molar-refractivity contribution in [1.29, 1.82) is 0 Å². The molecule has 2 saturated heterocycles. The smallest absolute Gasteiger partial charge is 0.393 e. The van der Waals surface area contributed by atoms with E-state index in [1.165, 1.54) is 0 Å². The van der Waals surface area contributed by atoms with Gasteiger partial charge in [-0.25, -0.2) is 0 Å². The molecule has 43 heavy (non-hydrogen) atoms. The topological polar surface area (TPSA) is 142 Å². The Morgan fingerprint density at radius 1 is 0.651 bits per heavy atom. The molecule has 6 rings (SSSR count). The summed E-state index contributed by atoms with van der Waals surface area (Å²) in [5, 5.41) is 0. The first kappa shape index (κ1) is 35.7. The number of ether oxygens (including phenoxy) is 2. The predicted molar refractivity (Wildman–Crippen MR) is 157 cm³/mol. The highest BCUT2D eigenvalue weighted by atomic mass is 28.4. The van der Waals surface area contributed by atoms with Gasteiger partial charge in [0, 0.05) is 55.2 Å². The summed E-state index contributed by atoms with van der Waals surface area (Å²) >= 11 is 0. The number of hydrogen-bond donors (Lipinski definition) is 0. The maximum Gasteiger partial charge on any atom is 0.500 e. The van der Waals surface area contributed by atoms with Crippen LogP contribution in [0.1, 0.15) is 45.4 Å². The number of allylic oxidation sites excluding steroid dienone is 2. The third-order valence-corrected chi connectivity index (χ3v) is 14.8. The van der Waals surface area contributed by atoms with Gasteiger partial charge in [-0.15, -0.1) is 0 Å². The van der Waals surface area contributed by atoms with Gasteiger partial charge in [0.05, 0.1) is 23.7 Å². The lowest BCUT2D eigenvalue weighted by Gasteiger charge is -2.23. The monoisotopic (exact) mass is 644 g/mol. The minimum absolute atomic E-state index is 0.0590. The van der Waals surface area contributed by atoms with Gasteiger partial charge < -0.3 is 36.0 Å². The van der Waals surface area contributed by atoms with E-state index in [4.69, 9.17) is 26.6 Å². The van der Waals surface area contributed by atoms with Crippen LogP contribution in [0.3, 0.4) is 0 Å². The Labute approximate surface area is 256 Å². The van der Waals surface area contributed by atoms with Gasteiger partial charge in [0.1, 0.15) is 0 Å². The zero-order valence-electron chi connectivity index (χ0n) is 26.6. The molecule has 6 aliphatic rings. The molecule has 0 radical (unpaired) electrons. The molecule has 4 bridgehead atoms. The molecule has 2 aliphatic heterocycles. The molecule has 14 heteroatoms. The van der Waals surface area contributed by atoms with Gasteiger partial charge in [0.2, 0.25) is 0 Å². The van der Waals surface area contributed by atoms with Crippen LogP contribution in [0.5, 0.6) is 0 Å². The van der Waals surface area contributed by atoms with E-state index in [1.807, 2.05) is 18.7 Å². The Bertz CT molecular complexity index is 956. The van der Waals surface area contributed by atoms with Crippen molar-refractivity contribution in [3.05, 3.63) is 12.2 Å². The molecule has 0 aromatic carbocycles. The number of esters is 4. The molecule has 8 unspecified atom stereocenters. The van der Waals surface area contributed by atoms with Gasteiger partial charge in [-0.2, -0.15) is 0 Å². The summed E-state index contributed by atoms with van der Waals surface area (Å²) in [4.78, 5) is 44.8. The minimum atomic E-state index is -2.24. The molecule has 5 fully saturated rings. The van der Waals surface area contributed by atoms with Crippen molar-refractivity contribution in [3.8, 4) is 0 Å². The van der Waals surface area contributed by atoms with Crippen LogP contribution < -0.4 is 0 Å². The SMILES string of the molecule is CCCC[Si](OC)(OC)OC.CO[Si](C)(OC)OC.O=C1OC(=O)C2C3C=CC(C3)C12.O=C1OC(=O)C2C3CCC(C3)C12. The van der Waals surface area contributed by atoms with Crippen molar-refractivity contribution < 1.29 is 55.2 Å². The molecule has 3 saturated carbocycles. The molecule has 0 N–H and O–H groups in total. The molecule has 4 aliphatic carbocycles. The number of carbonyl (C=O) groups excluding carboxylic acids is 4. The lowest BCUT2D eigenvalue weighted by atomic mass is 9.81. The van der Waals surface area contributed by atoms with Crippen LogP contribution in [0.25, 0.3) is 0 Å². The second-order valence-corrected chi connectivity index (χ2v) is 17.8. The summed E-state index contributed by atoms with van der Waals surface area (Å²) < 4.78 is 39.7. The van der Waals surface area contributed by atoms with E-state index in [0.29, 0.717) is 11.8 Å². The van der Waals surface area contributed by atoms with Crippen molar-refractivity contribution in [2.45, 2.75) is 58.0 Å². The molecule has 12 nitrogen and oxygen atoms in total. The number of fused-ring (bicyclic) bond motifs is 10. The summed E-state index contributed by atoms with van der Waals surface area (Å²) in [7, 11) is 5.28. The highest BCUT2D eigenvalue weighted by Crippen LogP contribution is 2.55. The standard InChI is InChI=1S/C9H10O3.C9H8O3.C7H18O3Si.C4H12O3Si/c2*10-8-6-4-1-2-5(3-4)7(6)9(11)12-8;1-5-6-7-11(8-2,9-3)10-4;1-5-8(4,6-2)7-3/h4-7H,1-3H2;1-2,4-7H,3H2;5-7H2,1-4H3;1-4H3. The molecule has 8 atom stereocenters. The first-order valence-electron chi connectivity index (χ1n) is 15.0. The quantitative estimate of drug-likeness (QED) is 0.157. The summed E-state index contributed by atoms with van der Waals surface area (Å²) in [6, 6.07) is 0.910. The maximum atomic E-state index is 11.2. The summed E-state index contributed by atoms with van der Waals surface area (Å²) in [5.74, 6) is -0.0543. The van der Waals surface area contributed by atoms with E-state index in [1.54, 1.807) is 42.7 Å². The Morgan fingerprint density at radius 3 is 1.37 bits per heavy atom. The van der Waals surface area contributed by atoms with Gasteiger partial charge in [-0.05, 0) is 55.8 Å². The molecular formula is C29H48O12Si2. The van der Waals surface area contributed by atoms with Crippen molar-refractivity contribution in [3.63, 3.8) is 0 Å². The number of unbranched alkanes of at least 4 members (excludes halogenated alkanes) is 1. The minimum Gasteiger partial charge on any atom is -0.393 e. The van der Waals surface area contributed by atoms with Gasteiger partial charge in [-0.3, -0.25) is 19.2 Å². The third kappa shape index (κ3) is 7.72. The highest BCUT2D eigenvalue weighted by molar-refractivity contribution is 6.60. The molecular weight excluding hydrogens is 596 g/mol. The largest absolute Gasteiger partial charge is 0.500 e. The summed E-state index contributed by atoms with van der Waals surface area (Å²) in [6.07, 6.45) is 10.6.